The van der Waals surface area contributed by atoms with Gasteiger partial charge in [0, 0.05) is 11.0 Å². The van der Waals surface area contributed by atoms with Crippen LogP contribution in [-0.2, 0) is 14.7 Å². The van der Waals surface area contributed by atoms with E-state index in [0.29, 0.717) is 11.0 Å². The van der Waals surface area contributed by atoms with E-state index in [1.54, 1.807) is 0 Å². The van der Waals surface area contributed by atoms with Crippen molar-refractivity contribution in [3.8, 4) is 5.75 Å². The Morgan fingerprint density at radius 2 is 1.52 bits per heavy atom. The minimum absolute atomic E-state index is 0.0439. The molecule has 1 aliphatic heterocycles. The van der Waals surface area contributed by atoms with E-state index in [1.807, 2.05) is 48.5 Å². The molecular formula is C16H24BFO3. The Morgan fingerprint density at radius 1 is 1.05 bits per heavy atom. The smallest absolute Gasteiger partial charge is 0.498 e. The highest BCUT2D eigenvalue weighted by molar-refractivity contribution is 6.63. The van der Waals surface area contributed by atoms with Crippen molar-refractivity contribution >= 4 is 12.6 Å². The van der Waals surface area contributed by atoms with Gasteiger partial charge in [-0.05, 0) is 45.2 Å². The molecule has 0 unspecified atom stereocenters. The van der Waals surface area contributed by atoms with Crippen molar-refractivity contribution in [3.05, 3.63) is 23.5 Å². The molecule has 0 spiro atoms. The zero-order chi connectivity index (χ0) is 16.2. The van der Waals surface area contributed by atoms with Crippen molar-refractivity contribution in [1.29, 1.82) is 0 Å². The maximum absolute atomic E-state index is 14.0. The van der Waals surface area contributed by atoms with Gasteiger partial charge in [-0.25, -0.2) is 4.39 Å². The predicted molar refractivity (Wildman–Crippen MR) is 82.5 cm³/mol. The van der Waals surface area contributed by atoms with Gasteiger partial charge in [-0.15, -0.1) is 0 Å². The molecule has 0 radical (unpaired) electrons. The lowest BCUT2D eigenvalue weighted by molar-refractivity contribution is 0.00578. The lowest BCUT2D eigenvalue weighted by atomic mass is 9.74. The van der Waals surface area contributed by atoms with Gasteiger partial charge in [0.2, 0.25) is 0 Å². The molecule has 1 aromatic rings. The molecule has 3 nitrogen and oxygen atoms in total. The van der Waals surface area contributed by atoms with Crippen molar-refractivity contribution in [2.45, 2.75) is 65.1 Å². The standard InChI is InChI=1S/C16H24BFO3/c1-14(2,3)11-8-10(18)9-12(13(11)19)17-20-15(4,5)16(6,7)21-17/h8-9,19H,1-7H3. The molecule has 0 amide bonds. The summed E-state index contributed by atoms with van der Waals surface area (Å²) in [5.74, 6) is -0.357. The molecule has 1 aromatic carbocycles. The summed E-state index contributed by atoms with van der Waals surface area (Å²) in [4.78, 5) is 0. The van der Waals surface area contributed by atoms with E-state index in [9.17, 15) is 9.50 Å². The highest BCUT2D eigenvalue weighted by atomic mass is 19.1. The van der Waals surface area contributed by atoms with E-state index in [-0.39, 0.29) is 11.2 Å². The van der Waals surface area contributed by atoms with Gasteiger partial charge >= 0.3 is 7.12 Å². The van der Waals surface area contributed by atoms with Gasteiger partial charge in [-0.2, -0.15) is 0 Å². The van der Waals surface area contributed by atoms with Crippen LogP contribution in [-0.4, -0.2) is 23.4 Å². The molecular weight excluding hydrogens is 270 g/mol. The first-order chi connectivity index (χ1) is 9.35. The average Bonchev–Trinajstić information content (AvgIpc) is 2.49. The third-order valence-corrected chi connectivity index (χ3v) is 4.42. The molecule has 21 heavy (non-hydrogen) atoms. The third-order valence-electron chi connectivity index (χ3n) is 4.42. The Kier molecular flexibility index (Phi) is 3.66. The summed E-state index contributed by atoms with van der Waals surface area (Å²) >= 11 is 0. The van der Waals surface area contributed by atoms with Crippen LogP contribution < -0.4 is 5.46 Å². The maximum atomic E-state index is 14.0. The van der Waals surface area contributed by atoms with Crippen LogP contribution >= 0.6 is 0 Å². The number of hydrogen-bond acceptors (Lipinski definition) is 3. The zero-order valence-corrected chi connectivity index (χ0v) is 13.9. The predicted octanol–water partition coefficient (Wildman–Crippen LogP) is 3.13. The van der Waals surface area contributed by atoms with Crippen LogP contribution in [0.1, 0.15) is 54.0 Å². The molecule has 1 aliphatic rings. The van der Waals surface area contributed by atoms with Crippen LogP contribution in [0.3, 0.4) is 0 Å². The van der Waals surface area contributed by atoms with E-state index in [1.165, 1.54) is 12.1 Å². The highest BCUT2D eigenvalue weighted by Gasteiger charge is 2.52. The van der Waals surface area contributed by atoms with Crippen LogP contribution in [0.4, 0.5) is 4.39 Å². The number of halogens is 1. The lowest BCUT2D eigenvalue weighted by Crippen LogP contribution is -2.41. The summed E-state index contributed by atoms with van der Waals surface area (Å²) in [5.41, 5.74) is -0.535. The largest absolute Gasteiger partial charge is 0.508 e. The van der Waals surface area contributed by atoms with Crippen molar-refractivity contribution in [3.63, 3.8) is 0 Å². The highest BCUT2D eigenvalue weighted by Crippen LogP contribution is 2.38. The second-order valence-corrected chi connectivity index (χ2v) is 7.73. The zero-order valence-electron chi connectivity index (χ0n) is 13.9. The number of benzene rings is 1. The summed E-state index contributed by atoms with van der Waals surface area (Å²) in [7, 11) is -0.771. The van der Waals surface area contributed by atoms with E-state index in [0.717, 1.165) is 0 Å². The summed E-state index contributed by atoms with van der Waals surface area (Å²) < 4.78 is 25.8. The van der Waals surface area contributed by atoms with Crippen molar-refractivity contribution in [2.75, 3.05) is 0 Å². The molecule has 5 heteroatoms. The molecule has 0 aromatic heterocycles. The van der Waals surface area contributed by atoms with Gasteiger partial charge in [0.15, 0.2) is 0 Å². The normalized spacial score (nSPS) is 20.9. The monoisotopic (exact) mass is 294 g/mol. The Morgan fingerprint density at radius 3 is 1.95 bits per heavy atom. The number of hydrogen-bond donors (Lipinski definition) is 1. The third kappa shape index (κ3) is 2.81. The maximum Gasteiger partial charge on any atom is 0.498 e. The average molecular weight is 294 g/mol. The topological polar surface area (TPSA) is 38.7 Å². The minimum Gasteiger partial charge on any atom is -0.508 e. The Labute approximate surface area is 126 Å². The molecule has 1 heterocycles. The number of phenolic OH excluding ortho intramolecular Hbond substituents is 1. The summed E-state index contributed by atoms with van der Waals surface area (Å²) in [6.45, 7) is 13.5. The van der Waals surface area contributed by atoms with Crippen molar-refractivity contribution in [1.82, 2.24) is 0 Å². The van der Waals surface area contributed by atoms with Crippen LogP contribution in [0.25, 0.3) is 0 Å². The van der Waals surface area contributed by atoms with E-state index >= 15 is 0 Å². The second-order valence-electron chi connectivity index (χ2n) is 7.73. The first-order valence-electron chi connectivity index (χ1n) is 7.24. The lowest BCUT2D eigenvalue weighted by Gasteiger charge is -2.32. The molecule has 0 bridgehead atoms. The Hall–Kier alpha value is -1.07. The van der Waals surface area contributed by atoms with Gasteiger partial charge in [0.1, 0.15) is 11.6 Å². The summed E-state index contributed by atoms with van der Waals surface area (Å²) in [6, 6.07) is 2.65. The number of phenols is 1. The second kappa shape index (κ2) is 4.72. The van der Waals surface area contributed by atoms with Gasteiger partial charge in [0.25, 0.3) is 0 Å². The first-order valence-corrected chi connectivity index (χ1v) is 7.24. The molecule has 0 saturated carbocycles. The molecule has 116 valence electrons. The van der Waals surface area contributed by atoms with Gasteiger partial charge in [-0.1, -0.05) is 20.8 Å². The fourth-order valence-electron chi connectivity index (χ4n) is 2.34. The quantitative estimate of drug-likeness (QED) is 0.809. The van der Waals surface area contributed by atoms with E-state index in [2.05, 4.69) is 0 Å². The number of aromatic hydroxyl groups is 1. The molecule has 2 rings (SSSR count). The van der Waals surface area contributed by atoms with E-state index < -0.39 is 24.1 Å². The van der Waals surface area contributed by atoms with Gasteiger partial charge in [0.05, 0.1) is 11.2 Å². The Balaban J connectivity index is 2.50. The van der Waals surface area contributed by atoms with Crippen LogP contribution in [0.5, 0.6) is 5.75 Å². The SMILES string of the molecule is CC(C)(C)c1cc(F)cc(B2OC(C)(C)C(C)(C)O2)c1O. The fourth-order valence-corrected chi connectivity index (χ4v) is 2.34. The molecule has 1 saturated heterocycles. The molecule has 1 N–H and O–H groups in total. The van der Waals surface area contributed by atoms with Crippen LogP contribution in [0.2, 0.25) is 0 Å². The van der Waals surface area contributed by atoms with Crippen LogP contribution in [0.15, 0.2) is 12.1 Å². The molecule has 1 fully saturated rings. The summed E-state index contributed by atoms with van der Waals surface area (Å²) in [6.07, 6.45) is 0. The Bertz CT molecular complexity index is 545. The van der Waals surface area contributed by atoms with Gasteiger partial charge < -0.3 is 14.4 Å². The van der Waals surface area contributed by atoms with Crippen LogP contribution in [0, 0.1) is 5.82 Å². The van der Waals surface area contributed by atoms with Crippen molar-refractivity contribution in [2.24, 2.45) is 0 Å². The minimum atomic E-state index is -0.771. The fraction of sp³-hybridized carbons (Fsp3) is 0.625. The number of rotatable bonds is 1. The van der Waals surface area contributed by atoms with E-state index in [4.69, 9.17) is 9.31 Å². The molecule has 0 aliphatic carbocycles. The van der Waals surface area contributed by atoms with Gasteiger partial charge in [-0.3, -0.25) is 0 Å². The molecule has 0 atom stereocenters. The first kappa shape index (κ1) is 16.3. The van der Waals surface area contributed by atoms with Crippen molar-refractivity contribution < 1.29 is 18.8 Å². The summed E-state index contributed by atoms with van der Waals surface area (Å²) in [5, 5.41) is 10.5.